The molecule has 0 aromatic heterocycles. The molecule has 0 radical (unpaired) electrons. The molecule has 0 aliphatic carbocycles. The van der Waals surface area contributed by atoms with Crippen LogP contribution in [-0.4, -0.2) is 99.1 Å². The minimum atomic E-state index is -0.717. The summed E-state index contributed by atoms with van der Waals surface area (Å²) in [6.07, 6.45) is 4.07. The van der Waals surface area contributed by atoms with E-state index in [0.717, 1.165) is 65.0 Å². The van der Waals surface area contributed by atoms with E-state index in [1.807, 2.05) is 0 Å². The summed E-state index contributed by atoms with van der Waals surface area (Å²) in [6, 6.07) is 4.83. The SMILES string of the molecule is COC(=O)C(NC(=O)c1ccc(C(=O)N[C@H](C(=O)OC)[C@H]2CN3CCC2CC3)cc1)[C@H]1CN2CCC1CC2. The summed E-state index contributed by atoms with van der Waals surface area (Å²) in [5.41, 5.74) is 0.692. The fourth-order valence-electron chi connectivity index (χ4n) is 6.93. The number of piperidine rings is 6. The van der Waals surface area contributed by atoms with Gasteiger partial charge in [0.05, 0.1) is 14.2 Å². The Morgan fingerprint density at radius 1 is 0.684 bits per heavy atom. The van der Waals surface area contributed by atoms with Crippen LogP contribution in [0.5, 0.6) is 0 Å². The van der Waals surface area contributed by atoms with Gasteiger partial charge < -0.3 is 29.9 Å². The Bertz CT molecular complexity index is 963. The number of methoxy groups -OCH3 is 2. The Kier molecular flexibility index (Phi) is 7.99. The van der Waals surface area contributed by atoms with Crippen LogP contribution < -0.4 is 10.6 Å². The van der Waals surface area contributed by atoms with Crippen LogP contribution in [0.25, 0.3) is 0 Å². The second-order valence-corrected chi connectivity index (χ2v) is 11.1. The van der Waals surface area contributed by atoms with Crippen molar-refractivity contribution in [1.82, 2.24) is 20.4 Å². The number of nitrogens with zero attached hydrogens (tertiary/aromatic N) is 2. The van der Waals surface area contributed by atoms with Crippen LogP contribution in [0.2, 0.25) is 0 Å². The highest BCUT2D eigenvalue weighted by Crippen LogP contribution is 2.36. The number of rotatable bonds is 8. The van der Waals surface area contributed by atoms with Gasteiger partial charge in [-0.1, -0.05) is 0 Å². The molecule has 4 atom stereocenters. The molecule has 7 rings (SSSR count). The van der Waals surface area contributed by atoms with Gasteiger partial charge in [0.15, 0.2) is 0 Å². The average Bonchev–Trinajstić information content (AvgIpc) is 2.98. The number of nitrogens with one attached hydrogen (secondary N) is 2. The van der Waals surface area contributed by atoms with Crippen LogP contribution in [0.3, 0.4) is 0 Å². The first-order chi connectivity index (χ1) is 18.4. The first-order valence-electron chi connectivity index (χ1n) is 13.7. The molecule has 0 saturated carbocycles. The molecule has 6 aliphatic heterocycles. The topological polar surface area (TPSA) is 117 Å². The monoisotopic (exact) mass is 526 g/mol. The number of carbonyl (C=O) groups excluding carboxylic acids is 4. The smallest absolute Gasteiger partial charge is 0.328 e. The van der Waals surface area contributed by atoms with E-state index in [-0.39, 0.29) is 23.7 Å². The number of esters is 2. The molecule has 1 aromatic carbocycles. The predicted molar refractivity (Wildman–Crippen MR) is 138 cm³/mol. The molecule has 6 saturated heterocycles. The molecule has 0 spiro atoms. The highest BCUT2D eigenvalue weighted by atomic mass is 16.5. The Morgan fingerprint density at radius 3 is 1.29 bits per heavy atom. The fourth-order valence-corrected chi connectivity index (χ4v) is 6.93. The summed E-state index contributed by atoms with van der Waals surface area (Å²) in [4.78, 5) is 56.1. The fraction of sp³-hybridized carbons (Fsp3) is 0.643. The number of ether oxygens (including phenoxy) is 2. The Labute approximate surface area is 223 Å². The number of amides is 2. The van der Waals surface area contributed by atoms with Crippen molar-refractivity contribution in [3.63, 3.8) is 0 Å². The summed E-state index contributed by atoms with van der Waals surface area (Å²) < 4.78 is 10.1. The van der Waals surface area contributed by atoms with Crippen LogP contribution >= 0.6 is 0 Å². The van der Waals surface area contributed by atoms with Crippen molar-refractivity contribution in [1.29, 1.82) is 0 Å². The third-order valence-electron chi connectivity index (χ3n) is 9.16. The van der Waals surface area contributed by atoms with Gasteiger partial charge in [-0.25, -0.2) is 9.59 Å². The zero-order valence-corrected chi connectivity index (χ0v) is 22.2. The lowest BCUT2D eigenvalue weighted by molar-refractivity contribution is -0.147. The molecular formula is C28H38N4O6. The quantitative estimate of drug-likeness (QED) is 0.480. The van der Waals surface area contributed by atoms with Gasteiger partial charge in [-0.15, -0.1) is 0 Å². The van der Waals surface area contributed by atoms with E-state index in [2.05, 4.69) is 20.4 Å². The summed E-state index contributed by atoms with van der Waals surface area (Å²) >= 11 is 0. The summed E-state index contributed by atoms with van der Waals surface area (Å²) in [5.74, 6) is -0.846. The predicted octanol–water partition coefficient (Wildman–Crippen LogP) is 0.913. The van der Waals surface area contributed by atoms with Crippen molar-refractivity contribution in [3.8, 4) is 0 Å². The van der Waals surface area contributed by atoms with E-state index in [1.54, 1.807) is 24.3 Å². The minimum Gasteiger partial charge on any atom is -0.467 e. The van der Waals surface area contributed by atoms with E-state index >= 15 is 0 Å². The van der Waals surface area contributed by atoms with E-state index < -0.39 is 24.0 Å². The van der Waals surface area contributed by atoms with Crippen molar-refractivity contribution in [2.45, 2.75) is 37.8 Å². The lowest BCUT2D eigenvalue weighted by Gasteiger charge is -2.47. The van der Waals surface area contributed by atoms with E-state index in [0.29, 0.717) is 23.0 Å². The van der Waals surface area contributed by atoms with Gasteiger partial charge in [-0.3, -0.25) is 9.59 Å². The molecule has 206 valence electrons. The zero-order chi connectivity index (χ0) is 26.8. The third-order valence-corrected chi connectivity index (χ3v) is 9.16. The maximum atomic E-state index is 13.1. The number of benzene rings is 1. The molecule has 6 aliphatic rings. The molecule has 2 N–H and O–H groups in total. The normalized spacial score (nSPS) is 31.1. The van der Waals surface area contributed by atoms with Crippen LogP contribution in [0, 0.1) is 23.7 Å². The molecule has 6 heterocycles. The molecule has 1 unspecified atom stereocenters. The standard InChI is InChI=1S/C28H38N4O6/c1-37-27(35)23(21-15-31-11-7-17(21)8-12-31)29-25(33)19-3-5-20(6-4-19)26(34)30-24(28(36)38-2)22-16-32-13-9-18(22)10-14-32/h3-6,17-18,21-24H,7-16H2,1-2H3,(H,29,33)(H,30,34)/t21-,22-,23-,24?/m0/s1. The Hall–Kier alpha value is -2.98. The lowest BCUT2D eigenvalue weighted by atomic mass is 9.75. The van der Waals surface area contributed by atoms with Gasteiger partial charge in [0, 0.05) is 36.1 Å². The number of carbonyl (C=O) groups is 4. The first kappa shape index (κ1) is 26.6. The Balaban J connectivity index is 1.24. The van der Waals surface area contributed by atoms with E-state index in [9.17, 15) is 19.2 Å². The maximum Gasteiger partial charge on any atom is 0.328 e. The zero-order valence-electron chi connectivity index (χ0n) is 22.2. The van der Waals surface area contributed by atoms with Crippen molar-refractivity contribution in [2.24, 2.45) is 23.7 Å². The number of hydrogen-bond donors (Lipinski definition) is 2. The average molecular weight is 527 g/mol. The molecule has 38 heavy (non-hydrogen) atoms. The number of hydrogen-bond acceptors (Lipinski definition) is 8. The molecule has 4 bridgehead atoms. The van der Waals surface area contributed by atoms with E-state index in [4.69, 9.17) is 9.47 Å². The first-order valence-corrected chi connectivity index (χ1v) is 13.7. The number of fused-ring (bicyclic) bond motifs is 6. The van der Waals surface area contributed by atoms with Crippen molar-refractivity contribution in [2.75, 3.05) is 53.5 Å². The van der Waals surface area contributed by atoms with Crippen LogP contribution in [-0.2, 0) is 19.1 Å². The van der Waals surface area contributed by atoms with Crippen molar-refractivity contribution >= 4 is 23.8 Å². The summed E-state index contributed by atoms with van der Waals surface area (Å²) in [7, 11) is 2.68. The van der Waals surface area contributed by atoms with Crippen LogP contribution in [0.4, 0.5) is 0 Å². The molecule has 10 heteroatoms. The van der Waals surface area contributed by atoms with E-state index in [1.165, 1.54) is 14.2 Å². The highest BCUT2D eigenvalue weighted by molar-refractivity contribution is 6.00. The van der Waals surface area contributed by atoms with Crippen LogP contribution in [0.1, 0.15) is 46.4 Å². The molecular weight excluding hydrogens is 488 g/mol. The van der Waals surface area contributed by atoms with Crippen LogP contribution in [0.15, 0.2) is 24.3 Å². The van der Waals surface area contributed by atoms with Gasteiger partial charge in [0.25, 0.3) is 11.8 Å². The third kappa shape index (κ3) is 5.42. The highest BCUT2D eigenvalue weighted by Gasteiger charge is 2.44. The molecule has 2 amide bonds. The van der Waals surface area contributed by atoms with Gasteiger partial charge in [0.2, 0.25) is 0 Å². The van der Waals surface area contributed by atoms with Gasteiger partial charge in [0.1, 0.15) is 12.1 Å². The van der Waals surface area contributed by atoms with Gasteiger partial charge in [-0.2, -0.15) is 0 Å². The van der Waals surface area contributed by atoms with Crippen molar-refractivity contribution < 1.29 is 28.7 Å². The second-order valence-electron chi connectivity index (χ2n) is 11.1. The molecule has 6 fully saturated rings. The largest absolute Gasteiger partial charge is 0.467 e. The van der Waals surface area contributed by atoms with Gasteiger partial charge in [-0.05, 0) is 88.0 Å². The summed E-state index contributed by atoms with van der Waals surface area (Å²) in [5, 5.41) is 5.79. The maximum absolute atomic E-state index is 13.1. The lowest BCUT2D eigenvalue weighted by Crippen LogP contribution is -2.58. The summed E-state index contributed by atoms with van der Waals surface area (Å²) in [6.45, 7) is 5.66. The Morgan fingerprint density at radius 2 is 1.03 bits per heavy atom. The van der Waals surface area contributed by atoms with Gasteiger partial charge >= 0.3 is 11.9 Å². The molecule has 1 aromatic rings. The minimum absolute atomic E-state index is 0.0144. The second kappa shape index (κ2) is 11.4. The molecule has 10 nitrogen and oxygen atoms in total. The van der Waals surface area contributed by atoms with Crippen molar-refractivity contribution in [3.05, 3.63) is 35.4 Å².